The smallest absolute Gasteiger partial charge is 0.227 e. The highest BCUT2D eigenvalue weighted by molar-refractivity contribution is 7.90. The Balaban J connectivity index is 1.28. The number of amides is 1. The van der Waals surface area contributed by atoms with Crippen molar-refractivity contribution in [1.29, 1.82) is 0 Å². The Hall–Kier alpha value is -3.45. The second-order valence-electron chi connectivity index (χ2n) is 7.29. The van der Waals surface area contributed by atoms with Crippen LogP contribution in [0.2, 0.25) is 0 Å². The van der Waals surface area contributed by atoms with E-state index in [2.05, 4.69) is 10.3 Å². The van der Waals surface area contributed by atoms with Gasteiger partial charge in [-0.05, 0) is 48.4 Å². The van der Waals surface area contributed by atoms with E-state index in [9.17, 15) is 13.2 Å². The molecular weight excluding hydrogens is 412 g/mol. The number of carbonyl (C=O) groups excluding carboxylic acids is 1. The molecule has 1 aromatic heterocycles. The lowest BCUT2D eigenvalue weighted by atomic mass is 10.2. The highest BCUT2D eigenvalue weighted by atomic mass is 32.2. The van der Waals surface area contributed by atoms with Gasteiger partial charge >= 0.3 is 0 Å². The van der Waals surface area contributed by atoms with Gasteiger partial charge in [0, 0.05) is 17.7 Å². The van der Waals surface area contributed by atoms with E-state index in [0.717, 1.165) is 22.2 Å². The number of oxazole rings is 1. The molecule has 0 saturated heterocycles. The predicted molar refractivity (Wildman–Crippen MR) is 121 cm³/mol. The van der Waals surface area contributed by atoms with Crippen LogP contribution >= 0.6 is 0 Å². The predicted octanol–water partition coefficient (Wildman–Crippen LogP) is 4.83. The van der Waals surface area contributed by atoms with Crippen molar-refractivity contribution in [2.24, 2.45) is 0 Å². The Labute approximate surface area is 180 Å². The van der Waals surface area contributed by atoms with Gasteiger partial charge < -0.3 is 9.73 Å². The number of sulfone groups is 1. The van der Waals surface area contributed by atoms with Gasteiger partial charge in [-0.2, -0.15) is 0 Å². The summed E-state index contributed by atoms with van der Waals surface area (Å²) in [6.45, 7) is 0. The fourth-order valence-electron chi connectivity index (χ4n) is 3.27. The zero-order chi connectivity index (χ0) is 21.7. The van der Waals surface area contributed by atoms with Gasteiger partial charge in [-0.15, -0.1) is 0 Å². The Morgan fingerprint density at radius 1 is 0.903 bits per heavy atom. The summed E-state index contributed by atoms with van der Waals surface area (Å²) >= 11 is 0. The molecule has 0 bridgehead atoms. The minimum Gasteiger partial charge on any atom is -0.436 e. The van der Waals surface area contributed by atoms with E-state index in [0.29, 0.717) is 11.6 Å². The zero-order valence-electron chi connectivity index (χ0n) is 16.8. The van der Waals surface area contributed by atoms with Crippen LogP contribution in [0.4, 0.5) is 5.69 Å². The van der Waals surface area contributed by atoms with E-state index in [1.54, 1.807) is 24.3 Å². The lowest BCUT2D eigenvalue weighted by Gasteiger charge is -2.07. The summed E-state index contributed by atoms with van der Waals surface area (Å²) < 4.78 is 30.2. The monoisotopic (exact) mass is 434 g/mol. The number of anilines is 1. The topological polar surface area (TPSA) is 89.3 Å². The van der Waals surface area contributed by atoms with Crippen molar-refractivity contribution in [3.05, 3.63) is 84.4 Å². The average Bonchev–Trinajstić information content (AvgIpc) is 3.19. The first-order valence-corrected chi connectivity index (χ1v) is 11.8. The zero-order valence-corrected chi connectivity index (χ0v) is 17.6. The summed E-state index contributed by atoms with van der Waals surface area (Å²) in [6, 6.07) is 23.8. The summed E-state index contributed by atoms with van der Waals surface area (Å²) in [4.78, 5) is 16.6. The minimum absolute atomic E-state index is 0.00720. The number of aromatic nitrogens is 1. The highest BCUT2D eigenvalue weighted by Gasteiger charge is 2.13. The number of fused-ring (bicyclic) bond motifs is 1. The molecule has 0 spiro atoms. The van der Waals surface area contributed by atoms with Crippen molar-refractivity contribution in [1.82, 2.24) is 4.98 Å². The number of hydrogen-bond donors (Lipinski definition) is 1. The lowest BCUT2D eigenvalue weighted by Crippen LogP contribution is -2.15. The molecule has 0 atom stereocenters. The molecule has 0 radical (unpaired) electrons. The summed E-state index contributed by atoms with van der Waals surface area (Å²) in [7, 11) is -3.25. The van der Waals surface area contributed by atoms with E-state index >= 15 is 0 Å². The first kappa shape index (κ1) is 20.8. The maximum atomic E-state index is 12.2. The van der Waals surface area contributed by atoms with Crippen molar-refractivity contribution < 1.29 is 17.6 Å². The maximum absolute atomic E-state index is 12.2. The summed E-state index contributed by atoms with van der Waals surface area (Å²) in [5, 5.41) is 2.80. The van der Waals surface area contributed by atoms with Crippen LogP contribution in [0.5, 0.6) is 0 Å². The minimum atomic E-state index is -3.25. The van der Waals surface area contributed by atoms with Gasteiger partial charge in [-0.25, -0.2) is 13.4 Å². The van der Waals surface area contributed by atoms with E-state index in [1.165, 1.54) is 0 Å². The number of benzene rings is 3. The van der Waals surface area contributed by atoms with Crippen molar-refractivity contribution in [2.75, 3.05) is 11.1 Å². The van der Waals surface area contributed by atoms with Gasteiger partial charge in [0.15, 0.2) is 15.4 Å². The van der Waals surface area contributed by atoms with Gasteiger partial charge in [0.1, 0.15) is 5.52 Å². The number of hydrogen-bond acceptors (Lipinski definition) is 5. The molecule has 0 aliphatic carbocycles. The summed E-state index contributed by atoms with van der Waals surface area (Å²) in [5.74, 6) is 0.269. The Bertz CT molecular complexity index is 1250. The first-order valence-electron chi connectivity index (χ1n) is 9.99. The van der Waals surface area contributed by atoms with E-state index in [4.69, 9.17) is 4.42 Å². The maximum Gasteiger partial charge on any atom is 0.227 e. The molecule has 158 valence electrons. The second kappa shape index (κ2) is 9.14. The van der Waals surface area contributed by atoms with E-state index in [-0.39, 0.29) is 30.3 Å². The van der Waals surface area contributed by atoms with Crippen LogP contribution in [-0.2, 0) is 20.4 Å². The molecule has 0 aliphatic heterocycles. The van der Waals surface area contributed by atoms with Gasteiger partial charge in [0.25, 0.3) is 0 Å². The van der Waals surface area contributed by atoms with Gasteiger partial charge in [-0.1, -0.05) is 42.5 Å². The Kier molecular flexibility index (Phi) is 6.13. The molecule has 4 rings (SSSR count). The molecule has 3 aromatic carbocycles. The van der Waals surface area contributed by atoms with Crippen molar-refractivity contribution in [2.45, 2.75) is 18.6 Å². The molecule has 0 aliphatic rings. The molecule has 31 heavy (non-hydrogen) atoms. The number of nitrogens with zero attached hydrogens (tertiary/aromatic N) is 1. The van der Waals surface area contributed by atoms with Crippen LogP contribution in [0.3, 0.4) is 0 Å². The first-order chi connectivity index (χ1) is 15.0. The molecule has 0 saturated carbocycles. The molecular formula is C24H22N2O4S. The quantitative estimate of drug-likeness (QED) is 0.429. The van der Waals surface area contributed by atoms with Crippen LogP contribution in [0.15, 0.2) is 83.3 Å². The normalized spacial score (nSPS) is 11.5. The number of para-hydroxylation sites is 2. The average molecular weight is 435 g/mol. The molecule has 1 N–H and O–H groups in total. The molecule has 0 unspecified atom stereocenters. The van der Waals surface area contributed by atoms with Crippen LogP contribution < -0.4 is 5.32 Å². The van der Waals surface area contributed by atoms with Gasteiger partial charge in [0.05, 0.1) is 11.5 Å². The number of nitrogens with one attached hydrogen (secondary N) is 1. The molecule has 1 heterocycles. The standard InChI is InChI=1S/C24H22N2O4S/c27-23(11-6-16-31(28,29)17-18-7-2-1-3-8-18)25-20-14-12-19(13-15-20)24-26-21-9-4-5-10-22(21)30-24/h1-5,7-10,12-15H,6,11,16-17H2,(H,25,27). The Morgan fingerprint density at radius 3 is 2.35 bits per heavy atom. The third-order valence-corrected chi connectivity index (χ3v) is 6.48. The SMILES string of the molecule is O=C(CCCS(=O)(=O)Cc1ccccc1)Nc1ccc(-c2nc3ccccc3o2)cc1. The third kappa shape index (κ3) is 5.58. The van der Waals surface area contributed by atoms with Crippen molar-refractivity contribution in [3.8, 4) is 11.5 Å². The van der Waals surface area contributed by atoms with E-state index in [1.807, 2.05) is 54.6 Å². The van der Waals surface area contributed by atoms with E-state index < -0.39 is 9.84 Å². The van der Waals surface area contributed by atoms with Gasteiger partial charge in [-0.3, -0.25) is 4.79 Å². The number of carbonyl (C=O) groups is 1. The molecule has 1 amide bonds. The number of rotatable bonds is 8. The Morgan fingerprint density at radius 2 is 1.61 bits per heavy atom. The summed E-state index contributed by atoms with van der Waals surface area (Å²) in [6.07, 6.45) is 0.420. The van der Waals surface area contributed by atoms with Crippen molar-refractivity contribution >= 4 is 32.5 Å². The second-order valence-corrected chi connectivity index (χ2v) is 9.48. The van der Waals surface area contributed by atoms with Crippen LogP contribution in [-0.4, -0.2) is 25.1 Å². The fraction of sp³-hybridized carbons (Fsp3) is 0.167. The molecule has 0 fully saturated rings. The van der Waals surface area contributed by atoms with Gasteiger partial charge in [0.2, 0.25) is 11.8 Å². The highest BCUT2D eigenvalue weighted by Crippen LogP contribution is 2.25. The van der Waals surface area contributed by atoms with Crippen LogP contribution in [0, 0.1) is 0 Å². The largest absolute Gasteiger partial charge is 0.436 e. The summed E-state index contributed by atoms with van der Waals surface area (Å²) in [5.41, 5.74) is 3.71. The van der Waals surface area contributed by atoms with Crippen LogP contribution in [0.25, 0.3) is 22.6 Å². The van der Waals surface area contributed by atoms with Crippen LogP contribution in [0.1, 0.15) is 18.4 Å². The molecule has 4 aromatic rings. The van der Waals surface area contributed by atoms with Crippen molar-refractivity contribution in [3.63, 3.8) is 0 Å². The fourth-order valence-corrected chi connectivity index (χ4v) is 4.70. The molecule has 7 heteroatoms. The molecule has 6 nitrogen and oxygen atoms in total. The lowest BCUT2D eigenvalue weighted by molar-refractivity contribution is -0.116. The third-order valence-electron chi connectivity index (χ3n) is 4.80.